The molecule has 2 aromatic carbocycles. The van der Waals surface area contributed by atoms with Crippen LogP contribution in [-0.4, -0.2) is 22.3 Å². The predicted molar refractivity (Wildman–Crippen MR) is 104 cm³/mol. The van der Waals surface area contributed by atoms with Gasteiger partial charge < -0.3 is 10.1 Å². The molecule has 0 fully saturated rings. The highest BCUT2D eigenvalue weighted by Gasteiger charge is 2.20. The van der Waals surface area contributed by atoms with Crippen LogP contribution in [0.1, 0.15) is 23.8 Å². The molecule has 8 heteroatoms. The lowest BCUT2D eigenvalue weighted by Crippen LogP contribution is -2.15. The van der Waals surface area contributed by atoms with Crippen molar-refractivity contribution in [3.63, 3.8) is 0 Å². The Balaban J connectivity index is 1.91. The van der Waals surface area contributed by atoms with Crippen molar-refractivity contribution in [2.75, 3.05) is 11.9 Å². The smallest absolute Gasteiger partial charge is 0.280 e. The Bertz CT molecular complexity index is 958. The van der Waals surface area contributed by atoms with Crippen LogP contribution in [0.2, 0.25) is 10.0 Å². The van der Waals surface area contributed by atoms with Crippen LogP contribution < -0.4 is 10.1 Å². The van der Waals surface area contributed by atoms with E-state index in [9.17, 15) is 9.18 Å². The van der Waals surface area contributed by atoms with Gasteiger partial charge in [-0.15, -0.1) is 0 Å². The van der Waals surface area contributed by atoms with Crippen LogP contribution in [-0.2, 0) is 0 Å². The standard InChI is InChI=1S/C19H16Cl2FN3O2/c1-2-9-27-17-11-25(14-6-4-13(22)5-7-14)24-18(17)19(26)23-16-8-3-12(20)10-15(16)21/h3-8,10-11H,2,9H2,1H3,(H,23,26). The molecule has 1 amide bonds. The Morgan fingerprint density at radius 1 is 1.22 bits per heavy atom. The molecule has 0 unspecified atom stereocenters. The fraction of sp³-hybridized carbons (Fsp3) is 0.158. The van der Waals surface area contributed by atoms with Crippen LogP contribution in [0.4, 0.5) is 10.1 Å². The van der Waals surface area contributed by atoms with Gasteiger partial charge in [-0.1, -0.05) is 30.1 Å². The van der Waals surface area contributed by atoms with Crippen LogP contribution in [0.5, 0.6) is 5.75 Å². The van der Waals surface area contributed by atoms with Gasteiger partial charge in [0.2, 0.25) is 0 Å². The number of benzene rings is 2. The maximum Gasteiger partial charge on any atom is 0.280 e. The van der Waals surface area contributed by atoms with Gasteiger partial charge in [0.05, 0.1) is 29.2 Å². The first-order chi connectivity index (χ1) is 13.0. The molecule has 0 aliphatic heterocycles. The average Bonchev–Trinajstić information content (AvgIpc) is 3.07. The topological polar surface area (TPSA) is 56.2 Å². The number of carbonyl (C=O) groups excluding carboxylic acids is 1. The molecule has 3 rings (SSSR count). The molecule has 0 aliphatic carbocycles. The summed E-state index contributed by atoms with van der Waals surface area (Å²) in [5.41, 5.74) is 1.10. The molecule has 1 aromatic heterocycles. The second kappa shape index (κ2) is 8.41. The molecule has 0 aliphatic rings. The van der Waals surface area contributed by atoms with Crippen LogP contribution in [0, 0.1) is 5.82 Å². The number of anilines is 1. The van der Waals surface area contributed by atoms with Crippen LogP contribution in [0.15, 0.2) is 48.7 Å². The Hall–Kier alpha value is -2.57. The molecule has 1 heterocycles. The van der Waals surface area contributed by atoms with E-state index in [1.54, 1.807) is 30.5 Å². The number of hydrogen-bond donors (Lipinski definition) is 1. The highest BCUT2D eigenvalue weighted by Crippen LogP contribution is 2.27. The molecule has 3 aromatic rings. The molecule has 0 saturated heterocycles. The van der Waals surface area contributed by atoms with Gasteiger partial charge in [0.15, 0.2) is 11.4 Å². The largest absolute Gasteiger partial charge is 0.489 e. The Morgan fingerprint density at radius 3 is 2.63 bits per heavy atom. The molecule has 5 nitrogen and oxygen atoms in total. The van der Waals surface area contributed by atoms with Gasteiger partial charge in [-0.25, -0.2) is 9.07 Å². The fourth-order valence-corrected chi connectivity index (χ4v) is 2.79. The maximum absolute atomic E-state index is 13.1. The average molecular weight is 408 g/mol. The highest BCUT2D eigenvalue weighted by molar-refractivity contribution is 6.36. The zero-order chi connectivity index (χ0) is 19.4. The second-order valence-corrected chi connectivity index (χ2v) is 6.53. The Morgan fingerprint density at radius 2 is 1.96 bits per heavy atom. The van der Waals surface area contributed by atoms with E-state index in [4.69, 9.17) is 27.9 Å². The summed E-state index contributed by atoms with van der Waals surface area (Å²) in [4.78, 5) is 12.7. The summed E-state index contributed by atoms with van der Waals surface area (Å²) in [5, 5.41) is 7.77. The van der Waals surface area contributed by atoms with E-state index >= 15 is 0 Å². The summed E-state index contributed by atoms with van der Waals surface area (Å²) in [6, 6.07) is 10.5. The van der Waals surface area contributed by atoms with Crippen LogP contribution in [0.3, 0.4) is 0 Å². The van der Waals surface area contributed by atoms with Crippen molar-refractivity contribution in [3.8, 4) is 11.4 Å². The lowest BCUT2D eigenvalue weighted by Gasteiger charge is -2.07. The summed E-state index contributed by atoms with van der Waals surface area (Å²) in [5.74, 6) is -0.515. The van der Waals surface area contributed by atoms with Gasteiger partial charge in [0.25, 0.3) is 5.91 Å². The third-order valence-electron chi connectivity index (χ3n) is 3.63. The zero-order valence-electron chi connectivity index (χ0n) is 14.4. The maximum atomic E-state index is 13.1. The monoisotopic (exact) mass is 407 g/mol. The SMILES string of the molecule is CCCOc1cn(-c2ccc(F)cc2)nc1C(=O)Nc1ccc(Cl)cc1Cl. The number of hydrogen-bond acceptors (Lipinski definition) is 3. The number of aromatic nitrogens is 2. The molecule has 0 saturated carbocycles. The van der Waals surface area contributed by atoms with E-state index in [2.05, 4.69) is 10.4 Å². The van der Waals surface area contributed by atoms with E-state index in [-0.39, 0.29) is 11.5 Å². The Labute approximate surface area is 165 Å². The number of ether oxygens (including phenoxy) is 1. The third-order valence-corrected chi connectivity index (χ3v) is 4.18. The second-order valence-electron chi connectivity index (χ2n) is 5.69. The summed E-state index contributed by atoms with van der Waals surface area (Å²) in [6.07, 6.45) is 2.35. The summed E-state index contributed by atoms with van der Waals surface area (Å²) in [7, 11) is 0. The number of amides is 1. The van der Waals surface area contributed by atoms with Crippen LogP contribution >= 0.6 is 23.2 Å². The quantitative estimate of drug-likeness (QED) is 0.598. The van der Waals surface area contributed by atoms with Gasteiger partial charge in [0, 0.05) is 5.02 Å². The molecule has 140 valence electrons. The highest BCUT2D eigenvalue weighted by atomic mass is 35.5. The molecule has 27 heavy (non-hydrogen) atoms. The number of nitrogens with zero attached hydrogens (tertiary/aromatic N) is 2. The number of carbonyl (C=O) groups is 1. The van der Waals surface area contributed by atoms with Gasteiger partial charge >= 0.3 is 0 Å². The van der Waals surface area contributed by atoms with Gasteiger partial charge in [-0.05, 0) is 48.9 Å². The molecule has 0 radical (unpaired) electrons. The summed E-state index contributed by atoms with van der Waals surface area (Å²) in [6.45, 7) is 2.38. The molecular weight excluding hydrogens is 392 g/mol. The van der Waals surface area contributed by atoms with E-state index in [1.807, 2.05) is 6.92 Å². The van der Waals surface area contributed by atoms with E-state index in [0.29, 0.717) is 33.8 Å². The van der Waals surface area contributed by atoms with E-state index in [1.165, 1.54) is 22.9 Å². The molecular formula is C19H16Cl2FN3O2. The lowest BCUT2D eigenvalue weighted by molar-refractivity contribution is 0.101. The van der Waals surface area contributed by atoms with Crippen molar-refractivity contribution >= 4 is 34.8 Å². The first-order valence-electron chi connectivity index (χ1n) is 8.22. The van der Waals surface area contributed by atoms with Gasteiger partial charge in [-0.3, -0.25) is 4.79 Å². The molecule has 1 N–H and O–H groups in total. The minimum atomic E-state index is -0.480. The minimum Gasteiger partial charge on any atom is -0.489 e. The minimum absolute atomic E-state index is 0.0961. The predicted octanol–water partition coefficient (Wildman–Crippen LogP) is 5.36. The zero-order valence-corrected chi connectivity index (χ0v) is 15.9. The van der Waals surface area contributed by atoms with Crippen molar-refractivity contribution in [1.29, 1.82) is 0 Å². The summed E-state index contributed by atoms with van der Waals surface area (Å²) >= 11 is 12.0. The first-order valence-corrected chi connectivity index (χ1v) is 8.98. The van der Waals surface area contributed by atoms with Crippen molar-refractivity contribution in [1.82, 2.24) is 9.78 Å². The first kappa shape index (κ1) is 19.2. The summed E-state index contributed by atoms with van der Waals surface area (Å²) < 4.78 is 20.3. The van der Waals surface area contributed by atoms with E-state index < -0.39 is 5.91 Å². The lowest BCUT2D eigenvalue weighted by atomic mass is 10.3. The number of rotatable bonds is 6. The van der Waals surface area contributed by atoms with Crippen molar-refractivity contribution in [2.45, 2.75) is 13.3 Å². The normalized spacial score (nSPS) is 10.7. The Kier molecular flexibility index (Phi) is 5.98. The molecule has 0 spiro atoms. The van der Waals surface area contributed by atoms with Crippen molar-refractivity contribution in [3.05, 3.63) is 70.2 Å². The third kappa shape index (κ3) is 4.59. The fourth-order valence-electron chi connectivity index (χ4n) is 2.33. The van der Waals surface area contributed by atoms with Crippen LogP contribution in [0.25, 0.3) is 5.69 Å². The van der Waals surface area contributed by atoms with Crippen molar-refractivity contribution < 1.29 is 13.9 Å². The molecule has 0 bridgehead atoms. The number of halogens is 3. The van der Waals surface area contributed by atoms with E-state index in [0.717, 1.165) is 6.42 Å². The van der Waals surface area contributed by atoms with Gasteiger partial charge in [0.1, 0.15) is 5.82 Å². The van der Waals surface area contributed by atoms with Gasteiger partial charge in [-0.2, -0.15) is 5.10 Å². The molecule has 0 atom stereocenters. The van der Waals surface area contributed by atoms with Crippen molar-refractivity contribution in [2.24, 2.45) is 0 Å². The number of nitrogens with one attached hydrogen (secondary N) is 1.